The van der Waals surface area contributed by atoms with Crippen molar-refractivity contribution in [1.29, 1.82) is 0 Å². The third-order valence-electron chi connectivity index (χ3n) is 9.75. The van der Waals surface area contributed by atoms with Crippen LogP contribution in [0.2, 0.25) is 0 Å². The number of aliphatic hydroxyl groups is 1. The average Bonchev–Trinajstić information content (AvgIpc) is 3.82. The number of hydrogen-bond acceptors (Lipinski definition) is 10. The summed E-state index contributed by atoms with van der Waals surface area (Å²) in [4.78, 5) is 41.5. The van der Waals surface area contributed by atoms with Crippen LogP contribution in [0.4, 0.5) is 0 Å². The molecule has 4 fully saturated rings. The Balaban J connectivity index is 0.000000386. The van der Waals surface area contributed by atoms with Crippen LogP contribution in [0.3, 0.4) is 0 Å². The van der Waals surface area contributed by atoms with Crippen molar-refractivity contribution in [2.75, 3.05) is 47.9 Å². The van der Waals surface area contributed by atoms with E-state index >= 15 is 0 Å². The van der Waals surface area contributed by atoms with Crippen molar-refractivity contribution < 1.29 is 33.7 Å². The Hall–Kier alpha value is -1.63. The maximum atomic E-state index is 12.5. The van der Waals surface area contributed by atoms with Crippen molar-refractivity contribution in [3.8, 4) is 0 Å². The molecular formula is C32H58N4O7. The molecular weight excluding hydrogens is 552 g/mol. The van der Waals surface area contributed by atoms with E-state index in [1.165, 1.54) is 12.8 Å². The maximum absolute atomic E-state index is 12.5. The smallest absolute Gasteiger partial charge is 0.316 e. The zero-order valence-electron chi connectivity index (χ0n) is 27.4. The molecule has 1 amide bonds. The molecule has 0 aromatic carbocycles. The van der Waals surface area contributed by atoms with Crippen molar-refractivity contribution in [2.24, 2.45) is 5.92 Å². The second-order valence-corrected chi connectivity index (χ2v) is 13.4. The molecule has 2 aliphatic carbocycles. The van der Waals surface area contributed by atoms with Gasteiger partial charge in [0.1, 0.15) is 18.3 Å². The van der Waals surface area contributed by atoms with Gasteiger partial charge in [-0.05, 0) is 98.7 Å². The van der Waals surface area contributed by atoms with Crippen LogP contribution in [0.15, 0.2) is 0 Å². The molecule has 0 radical (unpaired) electrons. The van der Waals surface area contributed by atoms with E-state index in [0.717, 1.165) is 57.9 Å². The summed E-state index contributed by atoms with van der Waals surface area (Å²) in [5.74, 6) is -1.12. The van der Waals surface area contributed by atoms with E-state index in [0.29, 0.717) is 31.5 Å². The number of Topliss-reactive ketones (excluding diaryl/α,β-unsaturated/α-hetero) is 1. The predicted octanol–water partition coefficient (Wildman–Crippen LogP) is 2.24. The minimum Gasteiger partial charge on any atom is -0.463 e. The highest BCUT2D eigenvalue weighted by molar-refractivity contribution is 5.98. The lowest BCUT2D eigenvalue weighted by Crippen LogP contribution is -2.55. The number of rotatable bonds is 6. The Morgan fingerprint density at radius 3 is 2.35 bits per heavy atom. The summed E-state index contributed by atoms with van der Waals surface area (Å²) < 4.78 is 16.4. The number of esters is 1. The molecule has 0 aromatic rings. The molecule has 1 spiro atoms. The number of amides is 1. The monoisotopic (exact) mass is 610 g/mol. The van der Waals surface area contributed by atoms with Gasteiger partial charge in [0.2, 0.25) is 5.91 Å². The lowest BCUT2D eigenvalue weighted by atomic mass is 9.79. The van der Waals surface area contributed by atoms with Gasteiger partial charge in [-0.2, -0.15) is 0 Å². The number of ether oxygens (including phenoxy) is 3. The zero-order valence-corrected chi connectivity index (χ0v) is 27.4. The van der Waals surface area contributed by atoms with Gasteiger partial charge in [-0.15, -0.1) is 0 Å². The number of likely N-dealkylation sites (N-methyl/N-ethyl adjacent to an activating group) is 1. The van der Waals surface area contributed by atoms with Crippen LogP contribution in [0.1, 0.15) is 90.9 Å². The van der Waals surface area contributed by atoms with E-state index in [1.807, 2.05) is 33.0 Å². The SMILES string of the molecule is CC1CC(N(C)C)CC(O)O1.COC1CCCNC2(CCC(N(C)C(=O)CNC3CC3)CC2)COC(=O)C(C)C(=O)CC1. The molecule has 5 atom stereocenters. The Kier molecular flexibility index (Phi) is 14.3. The highest BCUT2D eigenvalue weighted by atomic mass is 16.6. The molecule has 11 nitrogen and oxygen atoms in total. The van der Waals surface area contributed by atoms with Gasteiger partial charge in [-0.1, -0.05) is 0 Å². The van der Waals surface area contributed by atoms with Gasteiger partial charge in [0.25, 0.3) is 0 Å². The largest absolute Gasteiger partial charge is 0.463 e. The van der Waals surface area contributed by atoms with Crippen LogP contribution in [0.5, 0.6) is 0 Å². The standard InChI is InChI=1S/C24H41N3O5.C8H17NO2/c1-17-21(28)9-8-20(31-3)5-4-14-26-24(16-32-23(17)30)12-10-19(11-13-24)27(2)22(29)15-25-18-6-7-18;1-6-4-7(9(2)3)5-8(10)11-6/h17-20,25-26H,4-16H2,1-3H3;6-8,10H,4-5H2,1-3H3. The van der Waals surface area contributed by atoms with E-state index in [1.54, 1.807) is 14.0 Å². The van der Waals surface area contributed by atoms with Crippen LogP contribution in [-0.2, 0) is 28.6 Å². The molecule has 4 aliphatic rings. The minimum atomic E-state index is -0.746. The molecule has 2 saturated carbocycles. The van der Waals surface area contributed by atoms with Gasteiger partial charge in [0, 0.05) is 45.1 Å². The van der Waals surface area contributed by atoms with Crippen molar-refractivity contribution >= 4 is 17.7 Å². The molecule has 4 rings (SSSR count). The number of cyclic esters (lactones) is 1. The van der Waals surface area contributed by atoms with Crippen LogP contribution in [0, 0.1) is 5.92 Å². The van der Waals surface area contributed by atoms with E-state index in [4.69, 9.17) is 14.2 Å². The summed E-state index contributed by atoms with van der Waals surface area (Å²) in [6.45, 7) is 5.12. The normalized spacial score (nSPS) is 34.7. The number of nitrogens with one attached hydrogen (secondary N) is 2. The van der Waals surface area contributed by atoms with E-state index in [9.17, 15) is 19.5 Å². The Labute approximate surface area is 258 Å². The number of methoxy groups -OCH3 is 1. The molecule has 5 unspecified atom stereocenters. The summed E-state index contributed by atoms with van der Waals surface area (Å²) in [7, 11) is 7.65. The lowest BCUT2D eigenvalue weighted by molar-refractivity contribution is -0.172. The number of aliphatic hydroxyl groups excluding tert-OH is 1. The number of nitrogens with zero attached hydrogens (tertiary/aromatic N) is 2. The zero-order chi connectivity index (χ0) is 31.6. The van der Waals surface area contributed by atoms with Crippen molar-refractivity contribution in [2.45, 2.75) is 133 Å². The molecule has 2 aliphatic heterocycles. The topological polar surface area (TPSA) is 130 Å². The summed E-state index contributed by atoms with van der Waals surface area (Å²) in [6.07, 6.45) is 9.92. The van der Waals surface area contributed by atoms with Gasteiger partial charge in [-0.25, -0.2) is 0 Å². The first kappa shape index (κ1) is 35.8. The molecule has 43 heavy (non-hydrogen) atoms. The fourth-order valence-electron chi connectivity index (χ4n) is 6.32. The third-order valence-corrected chi connectivity index (χ3v) is 9.75. The lowest BCUT2D eigenvalue weighted by Gasteiger charge is -2.43. The van der Waals surface area contributed by atoms with Gasteiger partial charge in [-0.3, -0.25) is 14.4 Å². The highest BCUT2D eigenvalue weighted by Gasteiger charge is 2.39. The highest BCUT2D eigenvalue weighted by Crippen LogP contribution is 2.32. The summed E-state index contributed by atoms with van der Waals surface area (Å²) >= 11 is 0. The molecule has 2 heterocycles. The van der Waals surface area contributed by atoms with Crippen molar-refractivity contribution in [1.82, 2.24) is 20.4 Å². The van der Waals surface area contributed by atoms with E-state index < -0.39 is 18.2 Å². The molecule has 3 N–H and O–H groups in total. The number of carbonyl (C=O) groups excluding carboxylic acids is 3. The van der Waals surface area contributed by atoms with Gasteiger partial charge in [0.05, 0.1) is 24.3 Å². The second kappa shape index (κ2) is 17.2. The van der Waals surface area contributed by atoms with Crippen molar-refractivity contribution in [3.63, 3.8) is 0 Å². The summed E-state index contributed by atoms with van der Waals surface area (Å²) in [5, 5.41) is 16.2. The molecule has 0 bridgehead atoms. The third kappa shape index (κ3) is 11.7. The fourth-order valence-corrected chi connectivity index (χ4v) is 6.32. The van der Waals surface area contributed by atoms with Crippen LogP contribution < -0.4 is 10.6 Å². The first-order valence-electron chi connectivity index (χ1n) is 16.4. The number of hydrogen-bond donors (Lipinski definition) is 3. The molecule has 11 heteroatoms. The van der Waals surface area contributed by atoms with E-state index in [-0.39, 0.29) is 42.1 Å². The first-order chi connectivity index (χ1) is 20.4. The Morgan fingerprint density at radius 1 is 1.05 bits per heavy atom. The molecule has 0 aromatic heterocycles. The van der Waals surface area contributed by atoms with Gasteiger partial charge < -0.3 is 39.8 Å². The van der Waals surface area contributed by atoms with Crippen LogP contribution in [0.25, 0.3) is 0 Å². The maximum Gasteiger partial charge on any atom is 0.316 e. The minimum absolute atomic E-state index is 0.0281. The first-order valence-corrected chi connectivity index (χ1v) is 16.4. The van der Waals surface area contributed by atoms with Crippen LogP contribution >= 0.6 is 0 Å². The average molecular weight is 611 g/mol. The molecule has 248 valence electrons. The summed E-state index contributed by atoms with van der Waals surface area (Å²) in [5.41, 5.74) is -0.304. The number of carbonyl (C=O) groups is 3. The molecule has 2 saturated heterocycles. The van der Waals surface area contributed by atoms with Crippen molar-refractivity contribution in [3.05, 3.63) is 0 Å². The van der Waals surface area contributed by atoms with Crippen LogP contribution in [-0.4, -0.2) is 123 Å². The van der Waals surface area contributed by atoms with E-state index in [2.05, 4.69) is 15.5 Å². The Bertz CT molecular complexity index is 881. The van der Waals surface area contributed by atoms with Gasteiger partial charge >= 0.3 is 5.97 Å². The Morgan fingerprint density at radius 2 is 1.74 bits per heavy atom. The second-order valence-electron chi connectivity index (χ2n) is 13.4. The van der Waals surface area contributed by atoms with Gasteiger partial charge in [0.15, 0.2) is 6.29 Å². The summed E-state index contributed by atoms with van der Waals surface area (Å²) in [6, 6.07) is 1.19. The predicted molar refractivity (Wildman–Crippen MR) is 164 cm³/mol. The quantitative estimate of drug-likeness (QED) is 0.304. The fraction of sp³-hybridized carbons (Fsp3) is 0.906. The number of ketones is 1.